The Morgan fingerprint density at radius 1 is 1.33 bits per heavy atom. The van der Waals surface area contributed by atoms with Gasteiger partial charge in [-0.1, -0.05) is 0 Å². The van der Waals surface area contributed by atoms with Crippen LogP contribution in [0.2, 0.25) is 0 Å². The standard InChI is InChI=1S/C15H24N4O4S/c1-17-11-13(10-16-17)24(21,22)19-7-5-15(12-19)4-3-6-18(14(15)20)8-9-23-2/h10-11H,3-9,12H2,1-2H3. The fraction of sp³-hybridized carbons (Fsp3) is 0.733. The van der Waals surface area contributed by atoms with E-state index in [1.54, 1.807) is 14.2 Å². The van der Waals surface area contributed by atoms with Crippen LogP contribution in [-0.4, -0.2) is 73.2 Å². The van der Waals surface area contributed by atoms with E-state index in [1.807, 2.05) is 4.90 Å². The molecule has 2 saturated heterocycles. The summed E-state index contributed by atoms with van der Waals surface area (Å²) in [6.07, 6.45) is 5.07. The number of aromatic nitrogens is 2. The number of aryl methyl sites for hydroxylation is 1. The molecular formula is C15H24N4O4S. The molecule has 0 bridgehead atoms. The molecule has 134 valence electrons. The third-order valence-corrected chi connectivity index (χ3v) is 6.83. The highest BCUT2D eigenvalue weighted by atomic mass is 32.2. The van der Waals surface area contributed by atoms with Gasteiger partial charge in [0, 0.05) is 46.5 Å². The molecule has 0 saturated carbocycles. The van der Waals surface area contributed by atoms with Gasteiger partial charge in [-0.15, -0.1) is 0 Å². The second kappa shape index (κ2) is 6.45. The van der Waals surface area contributed by atoms with E-state index in [2.05, 4.69) is 5.10 Å². The summed E-state index contributed by atoms with van der Waals surface area (Å²) in [5.74, 6) is 0.0645. The van der Waals surface area contributed by atoms with Crippen LogP contribution in [0.4, 0.5) is 0 Å². The first-order valence-electron chi connectivity index (χ1n) is 8.16. The van der Waals surface area contributed by atoms with Crippen molar-refractivity contribution < 1.29 is 17.9 Å². The minimum atomic E-state index is -3.60. The third kappa shape index (κ3) is 2.96. The molecule has 3 rings (SSSR count). The van der Waals surface area contributed by atoms with E-state index in [1.165, 1.54) is 21.4 Å². The van der Waals surface area contributed by atoms with Crippen LogP contribution in [0.5, 0.6) is 0 Å². The smallest absolute Gasteiger partial charge is 0.246 e. The SMILES string of the molecule is COCCN1CCCC2(CCN(S(=O)(=O)c3cnn(C)c3)C2)C1=O. The summed E-state index contributed by atoms with van der Waals surface area (Å²) in [6, 6.07) is 0. The highest BCUT2D eigenvalue weighted by Gasteiger charge is 2.51. The van der Waals surface area contributed by atoms with Gasteiger partial charge in [0.15, 0.2) is 0 Å². The summed E-state index contributed by atoms with van der Waals surface area (Å²) in [5.41, 5.74) is -0.582. The average molecular weight is 356 g/mol. The molecule has 1 atom stereocenters. The number of likely N-dealkylation sites (tertiary alicyclic amines) is 1. The third-order valence-electron chi connectivity index (χ3n) is 5.03. The molecular weight excluding hydrogens is 332 g/mol. The number of sulfonamides is 1. The number of carbonyl (C=O) groups is 1. The highest BCUT2D eigenvalue weighted by molar-refractivity contribution is 7.89. The van der Waals surface area contributed by atoms with Crippen LogP contribution in [-0.2, 0) is 26.6 Å². The van der Waals surface area contributed by atoms with E-state index in [-0.39, 0.29) is 17.3 Å². The van der Waals surface area contributed by atoms with E-state index >= 15 is 0 Å². The van der Waals surface area contributed by atoms with Gasteiger partial charge in [-0.05, 0) is 19.3 Å². The van der Waals surface area contributed by atoms with Crippen LogP contribution < -0.4 is 0 Å². The Morgan fingerprint density at radius 2 is 2.12 bits per heavy atom. The Labute approximate surface area is 142 Å². The maximum Gasteiger partial charge on any atom is 0.246 e. The molecule has 3 heterocycles. The topological polar surface area (TPSA) is 84.7 Å². The van der Waals surface area contributed by atoms with Crippen molar-refractivity contribution in [2.24, 2.45) is 12.5 Å². The normalized spacial score (nSPS) is 25.8. The summed E-state index contributed by atoms with van der Waals surface area (Å²) in [7, 11) is -0.300. The lowest BCUT2D eigenvalue weighted by atomic mass is 9.78. The van der Waals surface area contributed by atoms with Gasteiger partial charge in [-0.3, -0.25) is 9.48 Å². The molecule has 1 amide bonds. The van der Waals surface area contributed by atoms with E-state index in [0.717, 1.165) is 19.4 Å². The number of hydrogen-bond acceptors (Lipinski definition) is 5. The molecule has 0 N–H and O–H groups in total. The summed E-state index contributed by atoms with van der Waals surface area (Å²) in [4.78, 5) is 14.9. The van der Waals surface area contributed by atoms with Crippen LogP contribution in [0, 0.1) is 5.41 Å². The monoisotopic (exact) mass is 356 g/mol. The highest BCUT2D eigenvalue weighted by Crippen LogP contribution is 2.41. The molecule has 8 nitrogen and oxygen atoms in total. The lowest BCUT2D eigenvalue weighted by Crippen LogP contribution is -2.51. The molecule has 24 heavy (non-hydrogen) atoms. The van der Waals surface area contributed by atoms with Crippen LogP contribution in [0.1, 0.15) is 19.3 Å². The fourth-order valence-corrected chi connectivity index (χ4v) is 5.18. The molecule has 2 fully saturated rings. The van der Waals surface area contributed by atoms with Crippen molar-refractivity contribution in [2.45, 2.75) is 24.2 Å². The van der Waals surface area contributed by atoms with Crippen LogP contribution in [0.15, 0.2) is 17.3 Å². The van der Waals surface area contributed by atoms with Crippen LogP contribution in [0.25, 0.3) is 0 Å². The average Bonchev–Trinajstić information content (AvgIpc) is 3.17. The zero-order chi connectivity index (χ0) is 17.4. The fourth-order valence-electron chi connectivity index (χ4n) is 3.67. The number of ether oxygens (including phenoxy) is 1. The number of nitrogens with zero attached hydrogens (tertiary/aromatic N) is 4. The quantitative estimate of drug-likeness (QED) is 0.745. The Balaban J connectivity index is 1.77. The molecule has 0 aliphatic carbocycles. The van der Waals surface area contributed by atoms with Gasteiger partial charge in [0.2, 0.25) is 15.9 Å². The van der Waals surface area contributed by atoms with E-state index in [4.69, 9.17) is 4.74 Å². The number of methoxy groups -OCH3 is 1. The number of amides is 1. The first-order chi connectivity index (χ1) is 11.4. The predicted octanol–water partition coefficient (Wildman–Crippen LogP) is 0.0697. The zero-order valence-electron chi connectivity index (χ0n) is 14.1. The second-order valence-corrected chi connectivity index (χ2v) is 8.55. The molecule has 1 spiro atoms. The van der Waals surface area contributed by atoms with Crippen LogP contribution >= 0.6 is 0 Å². The molecule has 0 aromatic carbocycles. The Kier molecular flexibility index (Phi) is 4.67. The summed E-state index contributed by atoms with van der Waals surface area (Å²) < 4.78 is 33.5. The van der Waals surface area contributed by atoms with Gasteiger partial charge >= 0.3 is 0 Å². The van der Waals surface area contributed by atoms with E-state index in [9.17, 15) is 13.2 Å². The number of hydrogen-bond donors (Lipinski definition) is 0. The maximum absolute atomic E-state index is 12.9. The summed E-state index contributed by atoms with van der Waals surface area (Å²) >= 11 is 0. The van der Waals surface area contributed by atoms with E-state index in [0.29, 0.717) is 26.1 Å². The molecule has 0 radical (unpaired) electrons. The van der Waals surface area contributed by atoms with Gasteiger partial charge in [0.05, 0.1) is 18.2 Å². The number of piperidine rings is 1. The first kappa shape index (κ1) is 17.4. The van der Waals surface area contributed by atoms with Crippen molar-refractivity contribution in [1.82, 2.24) is 19.0 Å². The van der Waals surface area contributed by atoms with Gasteiger partial charge < -0.3 is 9.64 Å². The minimum Gasteiger partial charge on any atom is -0.383 e. The minimum absolute atomic E-state index is 0.0645. The maximum atomic E-state index is 12.9. The lowest BCUT2D eigenvalue weighted by Gasteiger charge is -2.39. The van der Waals surface area contributed by atoms with Crippen molar-refractivity contribution in [3.8, 4) is 0 Å². The van der Waals surface area contributed by atoms with E-state index < -0.39 is 15.4 Å². The van der Waals surface area contributed by atoms with Gasteiger partial charge in [-0.2, -0.15) is 9.40 Å². The van der Waals surface area contributed by atoms with Gasteiger partial charge in [0.1, 0.15) is 4.90 Å². The van der Waals surface area contributed by atoms with Crippen molar-refractivity contribution in [3.63, 3.8) is 0 Å². The molecule has 1 aromatic rings. The van der Waals surface area contributed by atoms with Crippen molar-refractivity contribution in [1.29, 1.82) is 0 Å². The molecule has 9 heteroatoms. The lowest BCUT2D eigenvalue weighted by molar-refractivity contribution is -0.146. The predicted molar refractivity (Wildman–Crippen MR) is 86.7 cm³/mol. The Morgan fingerprint density at radius 3 is 2.79 bits per heavy atom. The second-order valence-electron chi connectivity index (χ2n) is 6.61. The Hall–Kier alpha value is -1.45. The zero-order valence-corrected chi connectivity index (χ0v) is 15.0. The first-order valence-corrected chi connectivity index (χ1v) is 9.60. The molecule has 1 unspecified atom stereocenters. The van der Waals surface area contributed by atoms with Crippen molar-refractivity contribution >= 4 is 15.9 Å². The van der Waals surface area contributed by atoms with Gasteiger partial charge in [-0.25, -0.2) is 8.42 Å². The summed E-state index contributed by atoms with van der Waals surface area (Å²) in [6.45, 7) is 2.42. The number of carbonyl (C=O) groups excluding carboxylic acids is 1. The number of rotatable bonds is 5. The van der Waals surface area contributed by atoms with Crippen molar-refractivity contribution in [3.05, 3.63) is 12.4 Å². The molecule has 2 aliphatic heterocycles. The summed E-state index contributed by atoms with van der Waals surface area (Å²) in [5, 5.41) is 3.94. The van der Waals surface area contributed by atoms with Crippen LogP contribution in [0.3, 0.4) is 0 Å². The largest absolute Gasteiger partial charge is 0.383 e. The molecule has 2 aliphatic rings. The Bertz CT molecular complexity index is 717. The molecule has 1 aromatic heterocycles. The van der Waals surface area contributed by atoms with Crippen molar-refractivity contribution in [2.75, 3.05) is 39.9 Å². The van der Waals surface area contributed by atoms with Gasteiger partial charge in [0.25, 0.3) is 0 Å².